The summed E-state index contributed by atoms with van der Waals surface area (Å²) in [5.74, 6) is 1.27. The van der Waals surface area contributed by atoms with Gasteiger partial charge in [0.25, 0.3) is 0 Å². The van der Waals surface area contributed by atoms with Gasteiger partial charge >= 0.3 is 5.97 Å². The van der Waals surface area contributed by atoms with Crippen LogP contribution in [0.5, 0.6) is 0 Å². The van der Waals surface area contributed by atoms with Crippen molar-refractivity contribution in [3.8, 4) is 0 Å². The van der Waals surface area contributed by atoms with E-state index < -0.39 is 5.97 Å². The van der Waals surface area contributed by atoms with E-state index >= 15 is 0 Å². The highest BCUT2D eigenvalue weighted by atomic mass is 16.4. The van der Waals surface area contributed by atoms with Crippen molar-refractivity contribution >= 4 is 11.8 Å². The highest BCUT2D eigenvalue weighted by Crippen LogP contribution is 2.39. The molecule has 18 heavy (non-hydrogen) atoms. The number of fused-ring (bicyclic) bond motifs is 1. The summed E-state index contributed by atoms with van der Waals surface area (Å²) in [6, 6.07) is 3.44. The standard InChI is InChI=1S/C14H18N2O2/c1-9-5-6-12(14(17)18)13(15-9)16-7-10-3-2-4-11(10)8-16/h5-6,10-11H,2-4,7-8H2,1H3,(H,17,18). The van der Waals surface area contributed by atoms with Crippen LogP contribution in [0, 0.1) is 18.8 Å². The third kappa shape index (κ3) is 1.85. The number of anilines is 1. The molecule has 1 aromatic rings. The molecule has 1 aliphatic carbocycles. The topological polar surface area (TPSA) is 53.4 Å². The molecule has 0 bridgehead atoms. The molecule has 3 rings (SSSR count). The number of carbonyl (C=O) groups is 1. The Kier molecular flexibility index (Phi) is 2.73. The summed E-state index contributed by atoms with van der Waals surface area (Å²) in [5, 5.41) is 9.25. The molecule has 4 nitrogen and oxygen atoms in total. The number of nitrogens with zero attached hydrogens (tertiary/aromatic N) is 2. The van der Waals surface area contributed by atoms with Crippen LogP contribution < -0.4 is 4.90 Å². The van der Waals surface area contributed by atoms with E-state index in [-0.39, 0.29) is 0 Å². The number of carboxylic acid groups (broad SMARTS) is 1. The number of aryl methyl sites for hydroxylation is 1. The maximum absolute atomic E-state index is 11.3. The Morgan fingerprint density at radius 1 is 1.33 bits per heavy atom. The van der Waals surface area contributed by atoms with Crippen LogP contribution in [0.15, 0.2) is 12.1 Å². The summed E-state index contributed by atoms with van der Waals surface area (Å²) in [5.41, 5.74) is 1.22. The molecule has 2 heterocycles. The average Bonchev–Trinajstić information content (AvgIpc) is 2.88. The van der Waals surface area contributed by atoms with E-state index in [0.29, 0.717) is 11.4 Å². The Morgan fingerprint density at radius 3 is 2.61 bits per heavy atom. The molecule has 4 heteroatoms. The quantitative estimate of drug-likeness (QED) is 0.870. The molecule has 1 aromatic heterocycles. The SMILES string of the molecule is Cc1ccc(C(=O)O)c(N2CC3CCCC3C2)n1. The van der Waals surface area contributed by atoms with E-state index in [1.165, 1.54) is 19.3 Å². The zero-order valence-electron chi connectivity index (χ0n) is 10.6. The predicted molar refractivity (Wildman–Crippen MR) is 69.0 cm³/mol. The highest BCUT2D eigenvalue weighted by molar-refractivity contribution is 5.93. The number of aromatic nitrogens is 1. The monoisotopic (exact) mass is 246 g/mol. The van der Waals surface area contributed by atoms with Gasteiger partial charge in [0.15, 0.2) is 0 Å². The highest BCUT2D eigenvalue weighted by Gasteiger charge is 2.37. The maximum Gasteiger partial charge on any atom is 0.339 e. The molecule has 0 radical (unpaired) electrons. The van der Waals surface area contributed by atoms with Crippen molar-refractivity contribution < 1.29 is 9.90 Å². The van der Waals surface area contributed by atoms with Gasteiger partial charge in [0, 0.05) is 18.8 Å². The van der Waals surface area contributed by atoms with Gasteiger partial charge in [-0.25, -0.2) is 9.78 Å². The third-order valence-electron chi connectivity index (χ3n) is 4.27. The minimum Gasteiger partial charge on any atom is -0.478 e. The summed E-state index contributed by atoms with van der Waals surface area (Å²) in [7, 11) is 0. The van der Waals surface area contributed by atoms with E-state index in [4.69, 9.17) is 0 Å². The molecule has 96 valence electrons. The zero-order chi connectivity index (χ0) is 12.7. The first-order valence-electron chi connectivity index (χ1n) is 6.61. The zero-order valence-corrected chi connectivity index (χ0v) is 10.6. The van der Waals surface area contributed by atoms with Gasteiger partial charge in [-0.1, -0.05) is 6.42 Å². The molecule has 2 unspecified atom stereocenters. The van der Waals surface area contributed by atoms with Crippen LogP contribution in [-0.2, 0) is 0 Å². The number of hydrogen-bond donors (Lipinski definition) is 1. The summed E-state index contributed by atoms with van der Waals surface area (Å²) >= 11 is 0. The molecular formula is C14H18N2O2. The van der Waals surface area contributed by atoms with Crippen molar-refractivity contribution in [3.63, 3.8) is 0 Å². The molecule has 0 spiro atoms. The third-order valence-corrected chi connectivity index (χ3v) is 4.27. The Labute approximate surface area is 107 Å². The molecule has 2 atom stereocenters. The van der Waals surface area contributed by atoms with E-state index in [1.807, 2.05) is 6.92 Å². The Hall–Kier alpha value is -1.58. The minimum absolute atomic E-state index is 0.334. The Balaban J connectivity index is 1.92. The molecule has 1 aliphatic heterocycles. The van der Waals surface area contributed by atoms with Gasteiger partial charge in [-0.2, -0.15) is 0 Å². The van der Waals surface area contributed by atoms with Gasteiger partial charge in [0.2, 0.25) is 0 Å². The lowest BCUT2D eigenvalue weighted by molar-refractivity contribution is 0.0697. The molecule has 2 aliphatic rings. The predicted octanol–water partition coefficient (Wildman–Crippen LogP) is 2.32. The van der Waals surface area contributed by atoms with Crippen molar-refractivity contribution in [2.75, 3.05) is 18.0 Å². The molecule has 1 saturated carbocycles. The first kappa shape index (κ1) is 11.5. The Bertz CT molecular complexity index is 475. The van der Waals surface area contributed by atoms with Gasteiger partial charge < -0.3 is 10.0 Å². The number of hydrogen-bond acceptors (Lipinski definition) is 3. The van der Waals surface area contributed by atoms with Crippen LogP contribution in [0.4, 0.5) is 5.82 Å². The lowest BCUT2D eigenvalue weighted by Crippen LogP contribution is -2.24. The average molecular weight is 246 g/mol. The number of pyridine rings is 1. The van der Waals surface area contributed by atoms with Crippen molar-refractivity contribution in [1.82, 2.24) is 4.98 Å². The second-order valence-corrected chi connectivity index (χ2v) is 5.48. The maximum atomic E-state index is 11.3. The van der Waals surface area contributed by atoms with Crippen LogP contribution in [0.2, 0.25) is 0 Å². The summed E-state index contributed by atoms with van der Waals surface area (Å²) in [6.07, 6.45) is 3.90. The minimum atomic E-state index is -0.880. The smallest absolute Gasteiger partial charge is 0.339 e. The van der Waals surface area contributed by atoms with Crippen molar-refractivity contribution in [1.29, 1.82) is 0 Å². The van der Waals surface area contributed by atoms with Gasteiger partial charge in [-0.3, -0.25) is 0 Å². The van der Waals surface area contributed by atoms with Crippen LogP contribution in [0.1, 0.15) is 35.3 Å². The summed E-state index contributed by atoms with van der Waals surface area (Å²) in [6.45, 7) is 3.86. The van der Waals surface area contributed by atoms with Crippen molar-refractivity contribution in [2.45, 2.75) is 26.2 Å². The molecule has 0 amide bonds. The second kappa shape index (κ2) is 4.26. The van der Waals surface area contributed by atoms with Crippen LogP contribution in [-0.4, -0.2) is 29.1 Å². The molecule has 0 aromatic carbocycles. The largest absolute Gasteiger partial charge is 0.478 e. The van der Waals surface area contributed by atoms with E-state index in [0.717, 1.165) is 30.6 Å². The van der Waals surface area contributed by atoms with Crippen LogP contribution in [0.25, 0.3) is 0 Å². The molecular weight excluding hydrogens is 228 g/mol. The Morgan fingerprint density at radius 2 is 2.00 bits per heavy atom. The first-order valence-corrected chi connectivity index (χ1v) is 6.61. The fraction of sp³-hybridized carbons (Fsp3) is 0.571. The second-order valence-electron chi connectivity index (χ2n) is 5.48. The van der Waals surface area contributed by atoms with Gasteiger partial charge in [-0.15, -0.1) is 0 Å². The first-order chi connectivity index (χ1) is 8.65. The van der Waals surface area contributed by atoms with Crippen molar-refractivity contribution in [2.24, 2.45) is 11.8 Å². The number of rotatable bonds is 2. The summed E-state index contributed by atoms with van der Waals surface area (Å²) < 4.78 is 0. The summed E-state index contributed by atoms with van der Waals surface area (Å²) in [4.78, 5) is 17.9. The van der Waals surface area contributed by atoms with Gasteiger partial charge in [-0.05, 0) is 43.7 Å². The molecule has 2 fully saturated rings. The van der Waals surface area contributed by atoms with E-state index in [9.17, 15) is 9.90 Å². The van der Waals surface area contributed by atoms with Gasteiger partial charge in [0.1, 0.15) is 11.4 Å². The fourth-order valence-corrected chi connectivity index (χ4v) is 3.36. The molecule has 1 saturated heterocycles. The molecule has 1 N–H and O–H groups in total. The van der Waals surface area contributed by atoms with Crippen LogP contribution >= 0.6 is 0 Å². The normalized spacial score (nSPS) is 26.4. The van der Waals surface area contributed by atoms with Gasteiger partial charge in [0.05, 0.1) is 0 Å². The van der Waals surface area contributed by atoms with Crippen LogP contribution in [0.3, 0.4) is 0 Å². The lowest BCUT2D eigenvalue weighted by atomic mass is 10.0. The lowest BCUT2D eigenvalue weighted by Gasteiger charge is -2.20. The van der Waals surface area contributed by atoms with E-state index in [1.54, 1.807) is 12.1 Å². The number of carboxylic acids is 1. The van der Waals surface area contributed by atoms with E-state index in [2.05, 4.69) is 9.88 Å². The fourth-order valence-electron chi connectivity index (χ4n) is 3.36. The van der Waals surface area contributed by atoms with Crippen molar-refractivity contribution in [3.05, 3.63) is 23.4 Å². The number of aromatic carboxylic acids is 1.